The largest absolute Gasteiger partial charge is 0.379 e. The first-order valence-electron chi connectivity index (χ1n) is 8.29. The molecule has 0 amide bonds. The summed E-state index contributed by atoms with van der Waals surface area (Å²) in [5.74, 6) is 0. The van der Waals surface area contributed by atoms with Crippen LogP contribution in [-0.2, 0) is 28.5 Å². The van der Waals surface area contributed by atoms with Crippen LogP contribution in [0.15, 0.2) is 29.2 Å². The van der Waals surface area contributed by atoms with Gasteiger partial charge in [0.25, 0.3) is 10.1 Å². The van der Waals surface area contributed by atoms with Crippen LogP contribution in [0.4, 0.5) is 4.39 Å². The Bertz CT molecular complexity index is 633. The van der Waals surface area contributed by atoms with E-state index in [1.54, 1.807) is 12.1 Å². The summed E-state index contributed by atoms with van der Waals surface area (Å²) >= 11 is 0. The van der Waals surface area contributed by atoms with Crippen LogP contribution in [0, 0.1) is 6.92 Å². The summed E-state index contributed by atoms with van der Waals surface area (Å²) in [5, 5.41) is 0. The van der Waals surface area contributed by atoms with E-state index in [9.17, 15) is 12.8 Å². The second-order valence-corrected chi connectivity index (χ2v) is 7.55. The van der Waals surface area contributed by atoms with Crippen molar-refractivity contribution in [3.05, 3.63) is 29.8 Å². The molecule has 2 rings (SSSR count). The molecule has 8 heteroatoms. The highest BCUT2D eigenvalue weighted by atomic mass is 32.2. The number of aryl methyl sites for hydroxylation is 1. The van der Waals surface area contributed by atoms with Crippen molar-refractivity contribution in [3.8, 4) is 0 Å². The molecule has 142 valence electrons. The van der Waals surface area contributed by atoms with Gasteiger partial charge in [0.05, 0.1) is 11.5 Å². The van der Waals surface area contributed by atoms with E-state index in [1.807, 2.05) is 13.8 Å². The Morgan fingerprint density at radius 1 is 1.24 bits per heavy atom. The molecule has 0 radical (unpaired) electrons. The number of unbranched alkanes of at least 4 members (excludes halogenated alkanes) is 1. The molecule has 0 spiro atoms. The highest BCUT2D eigenvalue weighted by Gasteiger charge is 2.48. The number of methoxy groups -OCH3 is 1. The van der Waals surface area contributed by atoms with Crippen molar-refractivity contribution in [2.24, 2.45) is 0 Å². The standard InChI is InChI=1S/C17H25FO6S/c1-4-5-10-22-11-14-15(18)16(17(21-3)23-14)24-25(19,20)13-8-6-12(2)7-9-13/h6-9,14-17H,4-5,10-11H2,1-3H3/t14-,15-,16+,17+/m1/s1. The lowest BCUT2D eigenvalue weighted by atomic mass is 10.2. The first kappa shape index (κ1) is 20.3. The smallest absolute Gasteiger partial charge is 0.297 e. The SMILES string of the molecule is CCCCOC[C@H]1O[C@H](OC)[C@@H](OS(=O)(=O)c2ccc(C)cc2)[C@@H]1F. The van der Waals surface area contributed by atoms with Gasteiger partial charge in [0.1, 0.15) is 6.10 Å². The van der Waals surface area contributed by atoms with Gasteiger partial charge in [-0.1, -0.05) is 31.0 Å². The third kappa shape index (κ3) is 5.21. The molecule has 25 heavy (non-hydrogen) atoms. The number of alkyl halides is 1. The lowest BCUT2D eigenvalue weighted by Gasteiger charge is -2.18. The van der Waals surface area contributed by atoms with Gasteiger partial charge in [-0.25, -0.2) is 4.39 Å². The van der Waals surface area contributed by atoms with Gasteiger partial charge in [0.15, 0.2) is 18.6 Å². The summed E-state index contributed by atoms with van der Waals surface area (Å²) < 4.78 is 60.3. The van der Waals surface area contributed by atoms with E-state index >= 15 is 0 Å². The quantitative estimate of drug-likeness (QED) is 0.487. The second kappa shape index (κ2) is 9.05. The topological polar surface area (TPSA) is 71.1 Å². The summed E-state index contributed by atoms with van der Waals surface area (Å²) in [5.41, 5.74) is 0.908. The summed E-state index contributed by atoms with van der Waals surface area (Å²) in [6.45, 7) is 4.37. The fraction of sp³-hybridized carbons (Fsp3) is 0.647. The molecule has 1 fully saturated rings. The predicted molar refractivity (Wildman–Crippen MR) is 89.5 cm³/mol. The van der Waals surface area contributed by atoms with Crippen LogP contribution in [-0.4, -0.2) is 53.4 Å². The summed E-state index contributed by atoms with van der Waals surface area (Å²) in [7, 11) is -2.82. The Morgan fingerprint density at radius 2 is 1.92 bits per heavy atom. The lowest BCUT2D eigenvalue weighted by molar-refractivity contribution is -0.151. The molecule has 1 aliphatic heterocycles. The number of rotatable bonds is 9. The molecule has 0 unspecified atom stereocenters. The Kier molecular flexibility index (Phi) is 7.33. The molecule has 0 bridgehead atoms. The van der Waals surface area contributed by atoms with E-state index in [0.717, 1.165) is 18.4 Å². The summed E-state index contributed by atoms with van der Waals surface area (Å²) in [6, 6.07) is 6.13. The van der Waals surface area contributed by atoms with Crippen LogP contribution in [0.3, 0.4) is 0 Å². The average Bonchev–Trinajstić information content (AvgIpc) is 2.87. The molecule has 0 N–H and O–H groups in total. The van der Waals surface area contributed by atoms with Crippen LogP contribution >= 0.6 is 0 Å². The van der Waals surface area contributed by atoms with Crippen molar-refractivity contribution in [2.75, 3.05) is 20.3 Å². The van der Waals surface area contributed by atoms with E-state index in [-0.39, 0.29) is 11.5 Å². The summed E-state index contributed by atoms with van der Waals surface area (Å²) in [4.78, 5) is -0.0391. The fourth-order valence-electron chi connectivity index (χ4n) is 2.46. The monoisotopic (exact) mass is 376 g/mol. The van der Waals surface area contributed by atoms with Crippen LogP contribution in [0.25, 0.3) is 0 Å². The van der Waals surface area contributed by atoms with Crippen molar-refractivity contribution in [1.29, 1.82) is 0 Å². The highest BCUT2D eigenvalue weighted by Crippen LogP contribution is 2.30. The zero-order valence-electron chi connectivity index (χ0n) is 14.7. The molecule has 1 aromatic carbocycles. The van der Waals surface area contributed by atoms with Crippen LogP contribution in [0.1, 0.15) is 25.3 Å². The van der Waals surface area contributed by atoms with Gasteiger partial charge in [0.2, 0.25) is 0 Å². The fourth-order valence-corrected chi connectivity index (χ4v) is 3.53. The Hall–Kier alpha value is -1.06. The van der Waals surface area contributed by atoms with Crippen LogP contribution < -0.4 is 0 Å². The first-order chi connectivity index (χ1) is 11.9. The van der Waals surface area contributed by atoms with Gasteiger partial charge in [-0.05, 0) is 25.5 Å². The lowest BCUT2D eigenvalue weighted by Crippen LogP contribution is -2.36. The maximum atomic E-state index is 14.6. The third-order valence-corrected chi connectivity index (χ3v) is 5.28. The van der Waals surface area contributed by atoms with Crippen molar-refractivity contribution in [1.82, 2.24) is 0 Å². The molecular formula is C17H25FO6S. The number of hydrogen-bond acceptors (Lipinski definition) is 6. The average molecular weight is 376 g/mol. The molecule has 1 saturated heterocycles. The predicted octanol–water partition coefficient (Wildman–Crippen LogP) is 2.60. The van der Waals surface area contributed by atoms with E-state index in [0.29, 0.717) is 6.61 Å². The first-order valence-corrected chi connectivity index (χ1v) is 9.70. The number of halogens is 1. The zero-order chi connectivity index (χ0) is 18.4. The number of hydrogen-bond donors (Lipinski definition) is 0. The number of ether oxygens (including phenoxy) is 3. The van der Waals surface area contributed by atoms with Crippen molar-refractivity contribution >= 4 is 10.1 Å². The minimum Gasteiger partial charge on any atom is -0.379 e. The van der Waals surface area contributed by atoms with Crippen molar-refractivity contribution in [2.45, 2.75) is 56.3 Å². The van der Waals surface area contributed by atoms with Gasteiger partial charge in [-0.2, -0.15) is 8.42 Å². The molecule has 1 aromatic rings. The van der Waals surface area contributed by atoms with Gasteiger partial charge >= 0.3 is 0 Å². The highest BCUT2D eigenvalue weighted by molar-refractivity contribution is 7.86. The van der Waals surface area contributed by atoms with E-state index in [1.165, 1.54) is 19.2 Å². The number of benzene rings is 1. The third-order valence-electron chi connectivity index (χ3n) is 3.95. The minimum absolute atomic E-state index is 0.0193. The van der Waals surface area contributed by atoms with E-state index in [2.05, 4.69) is 0 Å². The van der Waals surface area contributed by atoms with E-state index < -0.39 is 34.8 Å². The Morgan fingerprint density at radius 3 is 2.52 bits per heavy atom. The van der Waals surface area contributed by atoms with Crippen LogP contribution in [0.5, 0.6) is 0 Å². The van der Waals surface area contributed by atoms with E-state index in [4.69, 9.17) is 18.4 Å². The zero-order valence-corrected chi connectivity index (χ0v) is 15.5. The Labute approximate surface area is 148 Å². The molecule has 1 heterocycles. The van der Waals surface area contributed by atoms with Gasteiger partial charge in [-0.15, -0.1) is 0 Å². The molecule has 0 aliphatic carbocycles. The van der Waals surface area contributed by atoms with Crippen LogP contribution in [0.2, 0.25) is 0 Å². The molecule has 6 nitrogen and oxygen atoms in total. The molecular weight excluding hydrogens is 351 g/mol. The van der Waals surface area contributed by atoms with Gasteiger partial charge in [-0.3, -0.25) is 4.18 Å². The maximum absolute atomic E-state index is 14.6. The molecule has 1 aliphatic rings. The van der Waals surface area contributed by atoms with Gasteiger partial charge < -0.3 is 14.2 Å². The normalized spacial score (nSPS) is 26.9. The molecule has 4 atom stereocenters. The maximum Gasteiger partial charge on any atom is 0.297 e. The van der Waals surface area contributed by atoms with Crippen molar-refractivity contribution in [3.63, 3.8) is 0 Å². The molecule has 0 aromatic heterocycles. The summed E-state index contributed by atoms with van der Waals surface area (Å²) in [6.07, 6.45) is -3.27. The van der Waals surface area contributed by atoms with Gasteiger partial charge in [0, 0.05) is 13.7 Å². The minimum atomic E-state index is -4.13. The second-order valence-electron chi connectivity index (χ2n) is 5.98. The molecule has 0 saturated carbocycles. The van der Waals surface area contributed by atoms with Crippen molar-refractivity contribution < 1.29 is 31.2 Å². The Balaban J connectivity index is 2.04.